The summed E-state index contributed by atoms with van der Waals surface area (Å²) in [5, 5.41) is 0. The predicted molar refractivity (Wildman–Crippen MR) is 182 cm³/mol. The van der Waals surface area contributed by atoms with E-state index in [4.69, 9.17) is 28.7 Å². The average Bonchev–Trinajstić information content (AvgIpc) is 3.87. The van der Waals surface area contributed by atoms with Crippen LogP contribution < -0.4 is 23.7 Å². The molecule has 2 aliphatic rings. The topological polar surface area (TPSA) is 70.5 Å². The zero-order valence-corrected chi connectivity index (χ0v) is 27.6. The Balaban J connectivity index is 1.28. The highest BCUT2D eigenvalue weighted by molar-refractivity contribution is 5.87. The molecule has 246 valence electrons. The first kappa shape index (κ1) is 32.0. The normalized spacial score (nSPS) is 15.5. The lowest BCUT2D eigenvalue weighted by Crippen LogP contribution is -2.25. The Labute approximate surface area is 273 Å². The Bertz CT molecular complexity index is 1560. The fraction of sp³-hybridized carbons (Fsp3) is 0.486. The maximum atomic E-state index is 6.48. The third-order valence-corrected chi connectivity index (χ3v) is 8.97. The first-order valence-electron chi connectivity index (χ1n) is 16.9. The number of likely N-dealkylation sites (tertiary alicyclic amines) is 2. The van der Waals surface area contributed by atoms with E-state index in [1.165, 1.54) is 38.8 Å². The van der Waals surface area contributed by atoms with Gasteiger partial charge in [-0.2, -0.15) is 0 Å². The van der Waals surface area contributed by atoms with Crippen LogP contribution in [-0.2, 0) is 6.54 Å². The van der Waals surface area contributed by atoms with Crippen LogP contribution in [0.3, 0.4) is 0 Å². The first-order chi connectivity index (χ1) is 22.6. The van der Waals surface area contributed by atoms with Crippen LogP contribution in [0.15, 0.2) is 54.6 Å². The fourth-order valence-electron chi connectivity index (χ4n) is 6.40. The predicted octanol–water partition coefficient (Wildman–Crippen LogP) is 7.26. The number of hydrogen-bond acceptors (Lipinski definition) is 8. The maximum absolute atomic E-state index is 6.48. The van der Waals surface area contributed by atoms with Crippen molar-refractivity contribution in [3.05, 3.63) is 54.6 Å². The minimum Gasteiger partial charge on any atom is -0.493 e. The lowest BCUT2D eigenvalue weighted by molar-refractivity contribution is 0.231. The van der Waals surface area contributed by atoms with Gasteiger partial charge in [0.2, 0.25) is 0 Å². The largest absolute Gasteiger partial charge is 0.493 e. The van der Waals surface area contributed by atoms with Crippen molar-refractivity contribution in [1.29, 1.82) is 0 Å². The summed E-state index contributed by atoms with van der Waals surface area (Å²) in [5.41, 5.74) is 2.94. The van der Waals surface area contributed by atoms with E-state index in [1.54, 1.807) is 14.2 Å². The summed E-state index contributed by atoms with van der Waals surface area (Å²) in [6.45, 7) is 10.9. The molecule has 6 rings (SSSR count). The number of aromatic nitrogens is 2. The molecule has 2 fully saturated rings. The highest BCUT2D eigenvalue weighted by Crippen LogP contribution is 2.37. The first-order valence-corrected chi connectivity index (χ1v) is 16.9. The van der Waals surface area contributed by atoms with Gasteiger partial charge in [-0.25, -0.2) is 4.98 Å². The number of imidazole rings is 1. The van der Waals surface area contributed by atoms with Gasteiger partial charge in [0, 0.05) is 43.4 Å². The van der Waals surface area contributed by atoms with Crippen molar-refractivity contribution in [2.75, 3.05) is 66.7 Å². The van der Waals surface area contributed by atoms with Crippen LogP contribution in [0.4, 0.5) is 0 Å². The minimum absolute atomic E-state index is 0.624. The molecular formula is C37H48N4O5. The molecular weight excluding hydrogens is 580 g/mol. The zero-order chi connectivity index (χ0) is 31.7. The Hall–Kier alpha value is -3.95. The SMILES string of the molecule is CCCCn1c(-c2ccc(Oc3ccc(OC)c(OC)c3)cc2)nc2c(OCCN3CCCC3)cc(OCCN3CCCC3)cc21. The molecule has 3 heterocycles. The molecule has 9 heteroatoms. The van der Waals surface area contributed by atoms with Crippen LogP contribution in [0.1, 0.15) is 45.4 Å². The molecule has 0 radical (unpaired) electrons. The highest BCUT2D eigenvalue weighted by Gasteiger charge is 2.20. The van der Waals surface area contributed by atoms with E-state index in [2.05, 4.69) is 39.5 Å². The molecule has 2 saturated heterocycles. The molecule has 2 aliphatic heterocycles. The number of ether oxygens (including phenoxy) is 5. The average molecular weight is 629 g/mol. The van der Waals surface area contributed by atoms with Crippen LogP contribution in [0.25, 0.3) is 22.4 Å². The summed E-state index contributed by atoms with van der Waals surface area (Å²) in [6.07, 6.45) is 7.24. The van der Waals surface area contributed by atoms with E-state index in [9.17, 15) is 0 Å². The van der Waals surface area contributed by atoms with Crippen LogP contribution in [0, 0.1) is 0 Å². The van der Waals surface area contributed by atoms with E-state index in [-0.39, 0.29) is 0 Å². The van der Waals surface area contributed by atoms with Gasteiger partial charge in [0.15, 0.2) is 17.2 Å². The number of benzene rings is 3. The van der Waals surface area contributed by atoms with Gasteiger partial charge in [0.1, 0.15) is 41.8 Å². The monoisotopic (exact) mass is 628 g/mol. The molecule has 0 N–H and O–H groups in total. The van der Waals surface area contributed by atoms with E-state index in [0.717, 1.165) is 85.2 Å². The summed E-state index contributed by atoms with van der Waals surface area (Å²) < 4.78 is 32.1. The van der Waals surface area contributed by atoms with Gasteiger partial charge in [0.25, 0.3) is 0 Å². The van der Waals surface area contributed by atoms with Crippen molar-refractivity contribution >= 4 is 11.0 Å². The van der Waals surface area contributed by atoms with Crippen molar-refractivity contribution in [3.8, 4) is 45.9 Å². The number of nitrogens with zero attached hydrogens (tertiary/aromatic N) is 4. The van der Waals surface area contributed by atoms with Crippen LogP contribution in [-0.4, -0.2) is 86.1 Å². The molecule has 4 aromatic rings. The second-order valence-electron chi connectivity index (χ2n) is 12.2. The molecule has 1 aromatic heterocycles. The Kier molecular flexibility index (Phi) is 10.8. The summed E-state index contributed by atoms with van der Waals surface area (Å²) in [7, 11) is 3.24. The van der Waals surface area contributed by atoms with Gasteiger partial charge in [-0.1, -0.05) is 13.3 Å². The number of aryl methyl sites for hydroxylation is 1. The third-order valence-electron chi connectivity index (χ3n) is 8.97. The molecule has 0 bridgehead atoms. The van der Waals surface area contributed by atoms with Crippen LogP contribution in [0.5, 0.6) is 34.5 Å². The van der Waals surface area contributed by atoms with Crippen molar-refractivity contribution in [3.63, 3.8) is 0 Å². The number of rotatable bonds is 16. The van der Waals surface area contributed by atoms with Crippen molar-refractivity contribution < 1.29 is 23.7 Å². The van der Waals surface area contributed by atoms with E-state index >= 15 is 0 Å². The molecule has 0 amide bonds. The van der Waals surface area contributed by atoms with Crippen molar-refractivity contribution in [1.82, 2.24) is 19.4 Å². The summed E-state index contributed by atoms with van der Waals surface area (Å²) in [5.74, 6) is 5.23. The van der Waals surface area contributed by atoms with Gasteiger partial charge >= 0.3 is 0 Å². The minimum atomic E-state index is 0.624. The van der Waals surface area contributed by atoms with E-state index < -0.39 is 0 Å². The van der Waals surface area contributed by atoms with Crippen LogP contribution in [0.2, 0.25) is 0 Å². The third kappa shape index (κ3) is 7.70. The number of fused-ring (bicyclic) bond motifs is 1. The number of methoxy groups -OCH3 is 2. The lowest BCUT2D eigenvalue weighted by Gasteiger charge is -2.17. The van der Waals surface area contributed by atoms with Gasteiger partial charge in [-0.05, 0) is 94.7 Å². The van der Waals surface area contributed by atoms with Gasteiger partial charge in [-0.15, -0.1) is 0 Å². The number of unbranched alkanes of at least 4 members (excludes halogenated alkanes) is 1. The summed E-state index contributed by atoms with van der Waals surface area (Å²) >= 11 is 0. The van der Waals surface area contributed by atoms with E-state index in [1.807, 2.05) is 36.4 Å². The summed E-state index contributed by atoms with van der Waals surface area (Å²) in [4.78, 5) is 10.2. The maximum Gasteiger partial charge on any atom is 0.164 e. The molecule has 0 spiro atoms. The van der Waals surface area contributed by atoms with Gasteiger partial charge in [-0.3, -0.25) is 9.80 Å². The fourth-order valence-corrected chi connectivity index (χ4v) is 6.40. The standard InChI is InChI=1S/C37H48N4O5/c1-4-5-20-41-32-25-31(44-23-21-39-16-6-7-17-39)27-35(45-24-22-40-18-8-9-19-40)36(32)38-37(41)28-10-12-29(13-11-28)46-30-14-15-33(42-2)34(26-30)43-3/h10-15,25-27H,4-9,16-24H2,1-3H3. The van der Waals surface area contributed by atoms with Crippen molar-refractivity contribution in [2.24, 2.45) is 0 Å². The van der Waals surface area contributed by atoms with Gasteiger partial charge in [0.05, 0.1) is 19.7 Å². The molecule has 9 nitrogen and oxygen atoms in total. The van der Waals surface area contributed by atoms with E-state index in [0.29, 0.717) is 30.5 Å². The Morgan fingerprint density at radius 2 is 1.28 bits per heavy atom. The quantitative estimate of drug-likeness (QED) is 0.128. The Morgan fingerprint density at radius 1 is 0.652 bits per heavy atom. The van der Waals surface area contributed by atoms with Crippen LogP contribution >= 0.6 is 0 Å². The zero-order valence-electron chi connectivity index (χ0n) is 27.6. The lowest BCUT2D eigenvalue weighted by atomic mass is 10.2. The Morgan fingerprint density at radius 3 is 1.93 bits per heavy atom. The number of hydrogen-bond donors (Lipinski definition) is 0. The second kappa shape index (κ2) is 15.6. The molecule has 0 aliphatic carbocycles. The molecule has 46 heavy (non-hydrogen) atoms. The molecule has 0 saturated carbocycles. The summed E-state index contributed by atoms with van der Waals surface area (Å²) in [6, 6.07) is 17.8. The van der Waals surface area contributed by atoms with Gasteiger partial charge < -0.3 is 28.3 Å². The molecule has 0 unspecified atom stereocenters. The molecule has 3 aromatic carbocycles. The smallest absolute Gasteiger partial charge is 0.164 e. The van der Waals surface area contributed by atoms with Crippen molar-refractivity contribution in [2.45, 2.75) is 52.0 Å². The second-order valence-corrected chi connectivity index (χ2v) is 12.2. The highest BCUT2D eigenvalue weighted by atomic mass is 16.5. The molecule has 0 atom stereocenters.